The number of hydrogen-bond acceptors (Lipinski definition) is 3. The second kappa shape index (κ2) is 5.35. The molecule has 0 amide bonds. The fraction of sp³-hybridized carbons (Fsp3) is 0.833. The summed E-state index contributed by atoms with van der Waals surface area (Å²) in [5.41, 5.74) is 0. The molecule has 4 heteroatoms. The van der Waals surface area contributed by atoms with Crippen LogP contribution in [0, 0.1) is 0 Å². The van der Waals surface area contributed by atoms with Crippen LogP contribution in [0.25, 0.3) is 0 Å². The normalized spacial score (nSPS) is 12.3. The SMILES string of the molecule is CCOC(=O)OC(C)CCl. The molecular formula is C6H11ClO3. The van der Waals surface area contributed by atoms with Crippen LogP contribution in [0.1, 0.15) is 13.8 Å². The van der Waals surface area contributed by atoms with E-state index >= 15 is 0 Å². The second-order valence-electron chi connectivity index (χ2n) is 1.77. The Morgan fingerprint density at radius 2 is 2.30 bits per heavy atom. The summed E-state index contributed by atoms with van der Waals surface area (Å²) in [5.74, 6) is 0.290. The van der Waals surface area contributed by atoms with Crippen molar-refractivity contribution in [1.29, 1.82) is 0 Å². The van der Waals surface area contributed by atoms with Crippen LogP contribution in [0.4, 0.5) is 4.79 Å². The minimum absolute atomic E-state index is 0.277. The maximum Gasteiger partial charge on any atom is 0.508 e. The highest BCUT2D eigenvalue weighted by Gasteiger charge is 2.07. The molecule has 3 nitrogen and oxygen atoms in total. The van der Waals surface area contributed by atoms with Gasteiger partial charge in [0.2, 0.25) is 0 Å². The van der Waals surface area contributed by atoms with Crippen LogP contribution in [0.3, 0.4) is 0 Å². The van der Waals surface area contributed by atoms with Crippen LogP contribution in [0.15, 0.2) is 0 Å². The predicted molar refractivity (Wildman–Crippen MR) is 38.3 cm³/mol. The summed E-state index contributed by atoms with van der Waals surface area (Å²) < 4.78 is 9.14. The third kappa shape index (κ3) is 4.44. The van der Waals surface area contributed by atoms with E-state index in [1.807, 2.05) is 0 Å². The van der Waals surface area contributed by atoms with Crippen molar-refractivity contribution in [2.75, 3.05) is 12.5 Å². The van der Waals surface area contributed by atoms with E-state index in [-0.39, 0.29) is 6.10 Å². The van der Waals surface area contributed by atoms with Crippen LogP contribution in [-0.2, 0) is 9.47 Å². The standard InChI is InChI=1S/C6H11ClO3/c1-3-9-6(8)10-5(2)4-7/h5H,3-4H2,1-2H3. The highest BCUT2D eigenvalue weighted by atomic mass is 35.5. The first kappa shape index (κ1) is 9.56. The molecule has 0 radical (unpaired) electrons. The van der Waals surface area contributed by atoms with Gasteiger partial charge in [-0.05, 0) is 13.8 Å². The Balaban J connectivity index is 3.37. The second-order valence-corrected chi connectivity index (χ2v) is 2.07. The Morgan fingerprint density at radius 1 is 1.70 bits per heavy atom. The van der Waals surface area contributed by atoms with Crippen molar-refractivity contribution in [3.63, 3.8) is 0 Å². The zero-order valence-corrected chi connectivity index (χ0v) is 6.85. The Hall–Kier alpha value is -0.440. The third-order valence-corrected chi connectivity index (χ3v) is 1.21. The van der Waals surface area contributed by atoms with Gasteiger partial charge >= 0.3 is 6.16 Å². The van der Waals surface area contributed by atoms with Gasteiger partial charge in [0.1, 0.15) is 6.10 Å². The molecule has 60 valence electrons. The Labute approximate surface area is 65.3 Å². The van der Waals surface area contributed by atoms with Crippen LogP contribution >= 0.6 is 11.6 Å². The van der Waals surface area contributed by atoms with Crippen LogP contribution in [0.5, 0.6) is 0 Å². The lowest BCUT2D eigenvalue weighted by molar-refractivity contribution is 0.0388. The molecule has 0 fully saturated rings. The van der Waals surface area contributed by atoms with Gasteiger partial charge in [-0.1, -0.05) is 0 Å². The van der Waals surface area contributed by atoms with Gasteiger partial charge in [-0.3, -0.25) is 0 Å². The maximum atomic E-state index is 10.5. The van der Waals surface area contributed by atoms with Crippen LogP contribution < -0.4 is 0 Å². The minimum Gasteiger partial charge on any atom is -0.435 e. The first-order chi connectivity index (χ1) is 4.70. The summed E-state index contributed by atoms with van der Waals surface area (Å²) in [6, 6.07) is 0. The molecule has 1 unspecified atom stereocenters. The monoisotopic (exact) mass is 166 g/mol. The van der Waals surface area contributed by atoms with Crippen molar-refractivity contribution < 1.29 is 14.3 Å². The Kier molecular flexibility index (Phi) is 5.12. The number of halogens is 1. The van der Waals surface area contributed by atoms with Gasteiger partial charge in [0, 0.05) is 0 Å². The molecule has 0 aliphatic carbocycles. The molecule has 10 heavy (non-hydrogen) atoms. The minimum atomic E-state index is -0.657. The summed E-state index contributed by atoms with van der Waals surface area (Å²) in [5, 5.41) is 0. The molecular weight excluding hydrogens is 156 g/mol. The van der Waals surface area contributed by atoms with E-state index in [1.165, 1.54) is 0 Å². The first-order valence-electron chi connectivity index (χ1n) is 3.10. The van der Waals surface area contributed by atoms with Crippen molar-refractivity contribution in [3.05, 3.63) is 0 Å². The van der Waals surface area contributed by atoms with Gasteiger partial charge in [-0.25, -0.2) is 4.79 Å². The molecule has 0 N–H and O–H groups in total. The van der Waals surface area contributed by atoms with Crippen LogP contribution in [-0.4, -0.2) is 24.7 Å². The van der Waals surface area contributed by atoms with Crippen molar-refractivity contribution >= 4 is 17.8 Å². The van der Waals surface area contributed by atoms with Gasteiger partial charge in [-0.2, -0.15) is 0 Å². The van der Waals surface area contributed by atoms with Gasteiger partial charge < -0.3 is 9.47 Å². The molecule has 0 aromatic rings. The van der Waals surface area contributed by atoms with E-state index in [1.54, 1.807) is 13.8 Å². The van der Waals surface area contributed by atoms with Gasteiger partial charge in [0.05, 0.1) is 12.5 Å². The molecule has 0 rings (SSSR count). The molecule has 1 atom stereocenters. The lowest BCUT2D eigenvalue weighted by Crippen LogP contribution is -2.16. The summed E-state index contributed by atoms with van der Waals surface area (Å²) in [4.78, 5) is 10.5. The van der Waals surface area contributed by atoms with Crippen molar-refractivity contribution in [3.8, 4) is 0 Å². The van der Waals surface area contributed by atoms with E-state index in [4.69, 9.17) is 11.6 Å². The predicted octanol–water partition coefficient (Wildman–Crippen LogP) is 1.79. The van der Waals surface area contributed by atoms with Crippen molar-refractivity contribution in [1.82, 2.24) is 0 Å². The molecule has 0 aliphatic heterocycles. The molecule has 0 aliphatic rings. The number of rotatable bonds is 3. The highest BCUT2D eigenvalue weighted by Crippen LogP contribution is 1.95. The fourth-order valence-corrected chi connectivity index (χ4v) is 0.411. The maximum absolute atomic E-state index is 10.5. The summed E-state index contributed by atoms with van der Waals surface area (Å²) in [6.45, 7) is 3.74. The lowest BCUT2D eigenvalue weighted by atomic mass is 10.5. The third-order valence-electron chi connectivity index (χ3n) is 0.777. The Morgan fingerprint density at radius 3 is 2.70 bits per heavy atom. The smallest absolute Gasteiger partial charge is 0.435 e. The summed E-state index contributed by atoms with van der Waals surface area (Å²) in [7, 11) is 0. The molecule has 0 aromatic heterocycles. The fourth-order valence-electron chi connectivity index (χ4n) is 0.348. The highest BCUT2D eigenvalue weighted by molar-refractivity contribution is 6.18. The van der Waals surface area contributed by atoms with Gasteiger partial charge in [0.15, 0.2) is 0 Å². The van der Waals surface area contributed by atoms with E-state index < -0.39 is 6.16 Å². The van der Waals surface area contributed by atoms with Crippen molar-refractivity contribution in [2.24, 2.45) is 0 Å². The molecule has 0 bridgehead atoms. The topological polar surface area (TPSA) is 35.5 Å². The molecule has 0 heterocycles. The largest absolute Gasteiger partial charge is 0.508 e. The lowest BCUT2D eigenvalue weighted by Gasteiger charge is -2.08. The number of hydrogen-bond donors (Lipinski definition) is 0. The van der Waals surface area contributed by atoms with Crippen LogP contribution in [0.2, 0.25) is 0 Å². The number of ether oxygens (including phenoxy) is 2. The molecule has 0 saturated carbocycles. The average Bonchev–Trinajstić information content (AvgIpc) is 1.88. The summed E-state index contributed by atoms with van der Waals surface area (Å²) >= 11 is 5.36. The molecule has 0 aromatic carbocycles. The van der Waals surface area contributed by atoms with Gasteiger partial charge in [0.25, 0.3) is 0 Å². The number of carbonyl (C=O) groups is 1. The first-order valence-corrected chi connectivity index (χ1v) is 3.63. The van der Waals surface area contributed by atoms with E-state index in [0.29, 0.717) is 12.5 Å². The van der Waals surface area contributed by atoms with Crippen molar-refractivity contribution in [2.45, 2.75) is 20.0 Å². The van der Waals surface area contributed by atoms with Gasteiger partial charge in [-0.15, -0.1) is 11.6 Å². The zero-order chi connectivity index (χ0) is 7.98. The van der Waals surface area contributed by atoms with E-state index in [2.05, 4.69) is 9.47 Å². The Bertz CT molecular complexity index is 105. The number of carbonyl (C=O) groups excluding carboxylic acids is 1. The van der Waals surface area contributed by atoms with E-state index in [0.717, 1.165) is 0 Å². The summed E-state index contributed by atoms with van der Waals surface area (Å²) in [6.07, 6.45) is -0.934. The average molecular weight is 167 g/mol. The molecule has 0 saturated heterocycles. The number of alkyl halides is 1. The van der Waals surface area contributed by atoms with E-state index in [9.17, 15) is 4.79 Å². The molecule has 0 spiro atoms. The zero-order valence-electron chi connectivity index (χ0n) is 6.09. The quantitative estimate of drug-likeness (QED) is 0.474.